The Morgan fingerprint density at radius 2 is 2.12 bits per heavy atom. The zero-order valence-electron chi connectivity index (χ0n) is 8.70. The smallest absolute Gasteiger partial charge is 0.299 e. The number of ketones is 1. The number of fused-ring (bicyclic) bond motifs is 1. The molecule has 0 saturated heterocycles. The number of amides is 1. The van der Waals surface area contributed by atoms with E-state index in [9.17, 15) is 14.0 Å². The molecule has 0 bridgehead atoms. The van der Waals surface area contributed by atoms with Gasteiger partial charge in [0.15, 0.2) is 0 Å². The molecule has 0 atom stereocenters. The van der Waals surface area contributed by atoms with Crippen molar-refractivity contribution in [1.82, 2.24) is 0 Å². The molecule has 84 valence electrons. The molecule has 0 aliphatic carbocycles. The molecule has 0 N–H and O–H groups in total. The third kappa shape index (κ3) is 1.71. The van der Waals surface area contributed by atoms with E-state index in [-0.39, 0.29) is 0 Å². The molecule has 1 aliphatic heterocycles. The molecule has 16 heavy (non-hydrogen) atoms. The van der Waals surface area contributed by atoms with Gasteiger partial charge in [-0.15, -0.1) is 0 Å². The van der Waals surface area contributed by atoms with Gasteiger partial charge >= 0.3 is 0 Å². The van der Waals surface area contributed by atoms with Crippen molar-refractivity contribution < 1.29 is 14.0 Å². The minimum Gasteiger partial charge on any atom is -0.304 e. The van der Waals surface area contributed by atoms with Crippen LogP contribution in [0.15, 0.2) is 18.2 Å². The maximum atomic E-state index is 13.1. The quantitative estimate of drug-likeness (QED) is 0.754. The SMILES string of the molecule is CSCCN1C(=O)C(=O)c2ccc(F)cc21. The number of thioether (sulfide) groups is 1. The summed E-state index contributed by atoms with van der Waals surface area (Å²) in [5.74, 6) is -0.823. The van der Waals surface area contributed by atoms with Crippen molar-refractivity contribution in [2.45, 2.75) is 0 Å². The maximum Gasteiger partial charge on any atom is 0.299 e. The second-order valence-corrected chi connectivity index (χ2v) is 4.43. The van der Waals surface area contributed by atoms with Gasteiger partial charge in [-0.2, -0.15) is 11.8 Å². The van der Waals surface area contributed by atoms with E-state index in [1.54, 1.807) is 11.8 Å². The third-order valence-corrected chi connectivity index (χ3v) is 3.04. The van der Waals surface area contributed by atoms with Gasteiger partial charge in [0, 0.05) is 12.3 Å². The van der Waals surface area contributed by atoms with Crippen LogP contribution in [0.1, 0.15) is 10.4 Å². The fourth-order valence-electron chi connectivity index (χ4n) is 1.67. The molecule has 0 saturated carbocycles. The average molecular weight is 239 g/mol. The molecule has 5 heteroatoms. The van der Waals surface area contributed by atoms with Gasteiger partial charge in [0.05, 0.1) is 11.3 Å². The van der Waals surface area contributed by atoms with Gasteiger partial charge < -0.3 is 4.90 Å². The minimum atomic E-state index is -0.561. The molecule has 3 nitrogen and oxygen atoms in total. The number of hydrogen-bond acceptors (Lipinski definition) is 3. The normalized spacial score (nSPS) is 14.5. The number of rotatable bonds is 3. The summed E-state index contributed by atoms with van der Waals surface area (Å²) in [6.45, 7) is 0.433. The van der Waals surface area contributed by atoms with Gasteiger partial charge in [-0.05, 0) is 24.5 Å². The molecule has 1 aromatic carbocycles. The topological polar surface area (TPSA) is 37.4 Å². The lowest BCUT2D eigenvalue weighted by molar-refractivity contribution is -0.114. The van der Waals surface area contributed by atoms with Crippen molar-refractivity contribution in [2.75, 3.05) is 23.5 Å². The number of nitrogens with zero attached hydrogens (tertiary/aromatic N) is 1. The monoisotopic (exact) mass is 239 g/mol. The number of anilines is 1. The highest BCUT2D eigenvalue weighted by molar-refractivity contribution is 7.98. The Labute approximate surface area is 96.6 Å². The molecule has 1 aliphatic rings. The number of hydrogen-bond donors (Lipinski definition) is 0. The van der Waals surface area contributed by atoms with Gasteiger partial charge in [-0.1, -0.05) is 0 Å². The summed E-state index contributed by atoms with van der Waals surface area (Å²) in [7, 11) is 0. The highest BCUT2D eigenvalue weighted by Gasteiger charge is 2.35. The van der Waals surface area contributed by atoms with Crippen LogP contribution in [0, 0.1) is 5.82 Å². The number of carbonyl (C=O) groups excluding carboxylic acids is 2. The highest BCUT2D eigenvalue weighted by Crippen LogP contribution is 2.29. The van der Waals surface area contributed by atoms with Gasteiger partial charge in [-0.3, -0.25) is 9.59 Å². The van der Waals surface area contributed by atoms with Crippen LogP contribution >= 0.6 is 11.8 Å². The molecular formula is C11H10FNO2S. The van der Waals surface area contributed by atoms with E-state index < -0.39 is 17.5 Å². The summed E-state index contributed by atoms with van der Waals surface area (Å²) in [4.78, 5) is 24.5. The summed E-state index contributed by atoms with van der Waals surface area (Å²) in [6, 6.07) is 3.80. The Morgan fingerprint density at radius 3 is 2.81 bits per heavy atom. The van der Waals surface area contributed by atoms with Crippen molar-refractivity contribution >= 4 is 29.1 Å². The fourth-order valence-corrected chi connectivity index (χ4v) is 2.04. The molecule has 1 heterocycles. The van der Waals surface area contributed by atoms with Crippen LogP contribution in [0.5, 0.6) is 0 Å². The minimum absolute atomic E-state index is 0.299. The number of Topliss-reactive ketones (excluding diaryl/α,β-unsaturated/α-hetero) is 1. The molecule has 0 radical (unpaired) electrons. The largest absolute Gasteiger partial charge is 0.304 e. The van der Waals surface area contributed by atoms with Crippen LogP contribution in [0.25, 0.3) is 0 Å². The van der Waals surface area contributed by atoms with Crippen molar-refractivity contribution in [2.24, 2.45) is 0 Å². The predicted molar refractivity (Wildman–Crippen MR) is 61.5 cm³/mol. The van der Waals surface area contributed by atoms with Crippen LogP contribution in [-0.4, -0.2) is 30.2 Å². The molecule has 0 unspecified atom stereocenters. The highest BCUT2D eigenvalue weighted by atomic mass is 32.2. The lowest BCUT2D eigenvalue weighted by atomic mass is 10.1. The summed E-state index contributed by atoms with van der Waals surface area (Å²) >= 11 is 1.57. The summed E-state index contributed by atoms with van der Waals surface area (Å²) in [6.07, 6.45) is 1.91. The molecule has 0 spiro atoms. The summed E-state index contributed by atoms with van der Waals surface area (Å²) in [5.41, 5.74) is 0.691. The third-order valence-electron chi connectivity index (χ3n) is 2.45. The van der Waals surface area contributed by atoms with Crippen LogP contribution < -0.4 is 4.90 Å². The first-order chi connectivity index (χ1) is 7.65. The molecule has 2 rings (SSSR count). The van der Waals surface area contributed by atoms with E-state index in [0.717, 1.165) is 5.75 Å². The lowest BCUT2D eigenvalue weighted by Gasteiger charge is -2.15. The number of halogens is 1. The molecule has 0 aromatic heterocycles. The predicted octanol–water partition coefficient (Wildman–Crippen LogP) is 1.72. The molecular weight excluding hydrogens is 229 g/mol. The molecule has 1 aromatic rings. The number of benzene rings is 1. The Morgan fingerprint density at radius 1 is 1.38 bits per heavy atom. The van der Waals surface area contributed by atoms with Gasteiger partial charge in [0.1, 0.15) is 5.82 Å². The molecule has 0 fully saturated rings. The Kier molecular flexibility index (Phi) is 2.96. The molecule has 1 amide bonds. The van der Waals surface area contributed by atoms with Gasteiger partial charge in [0.25, 0.3) is 11.7 Å². The first-order valence-corrected chi connectivity index (χ1v) is 6.19. The first kappa shape index (κ1) is 11.1. The second kappa shape index (κ2) is 4.25. The summed E-state index contributed by atoms with van der Waals surface area (Å²) < 4.78 is 13.1. The maximum absolute atomic E-state index is 13.1. The first-order valence-electron chi connectivity index (χ1n) is 4.80. The van der Waals surface area contributed by atoms with Crippen molar-refractivity contribution in [1.29, 1.82) is 0 Å². The standard InChI is InChI=1S/C11H10FNO2S/c1-16-5-4-13-9-6-7(12)2-3-8(9)10(14)11(13)15/h2-3,6H,4-5H2,1H3. The van der Waals surface area contributed by atoms with Crippen molar-refractivity contribution in [3.8, 4) is 0 Å². The van der Waals surface area contributed by atoms with E-state index in [1.165, 1.54) is 23.1 Å². The van der Waals surface area contributed by atoms with E-state index >= 15 is 0 Å². The van der Waals surface area contributed by atoms with Crippen LogP contribution in [0.3, 0.4) is 0 Å². The van der Waals surface area contributed by atoms with Gasteiger partial charge in [-0.25, -0.2) is 4.39 Å². The zero-order chi connectivity index (χ0) is 11.7. The second-order valence-electron chi connectivity index (χ2n) is 3.44. The Bertz CT molecular complexity index is 461. The Balaban J connectivity index is 2.39. The summed E-state index contributed by atoms with van der Waals surface area (Å²) in [5, 5.41) is 0. The van der Waals surface area contributed by atoms with Crippen LogP contribution in [-0.2, 0) is 4.79 Å². The van der Waals surface area contributed by atoms with E-state index in [2.05, 4.69) is 0 Å². The van der Waals surface area contributed by atoms with E-state index in [4.69, 9.17) is 0 Å². The van der Waals surface area contributed by atoms with E-state index in [0.29, 0.717) is 17.8 Å². The van der Waals surface area contributed by atoms with Gasteiger partial charge in [0.2, 0.25) is 0 Å². The zero-order valence-corrected chi connectivity index (χ0v) is 9.51. The Hall–Kier alpha value is -1.36. The van der Waals surface area contributed by atoms with Crippen molar-refractivity contribution in [3.63, 3.8) is 0 Å². The lowest BCUT2D eigenvalue weighted by Crippen LogP contribution is -2.31. The van der Waals surface area contributed by atoms with Crippen LogP contribution in [0.4, 0.5) is 10.1 Å². The average Bonchev–Trinajstić information content (AvgIpc) is 2.50. The fraction of sp³-hybridized carbons (Fsp3) is 0.273. The van der Waals surface area contributed by atoms with Crippen LogP contribution in [0.2, 0.25) is 0 Å². The van der Waals surface area contributed by atoms with E-state index in [1.807, 2.05) is 6.26 Å². The number of carbonyl (C=O) groups is 2. The van der Waals surface area contributed by atoms with Crippen molar-refractivity contribution in [3.05, 3.63) is 29.6 Å².